The molecule has 0 aliphatic carbocycles. The van der Waals surface area contributed by atoms with Gasteiger partial charge in [-0.15, -0.1) is 0 Å². The predicted molar refractivity (Wildman–Crippen MR) is 101 cm³/mol. The maximum absolute atomic E-state index is 9.43. The molecule has 0 unspecified atom stereocenters. The molecule has 0 radical (unpaired) electrons. The van der Waals surface area contributed by atoms with Crippen molar-refractivity contribution in [3.05, 3.63) is 59.7 Å². The van der Waals surface area contributed by atoms with E-state index < -0.39 is 8.32 Å². The lowest BCUT2D eigenvalue weighted by Crippen LogP contribution is -2.44. The summed E-state index contributed by atoms with van der Waals surface area (Å²) in [4.78, 5) is 0. The Bertz CT molecular complexity index is 660. The predicted octanol–water partition coefficient (Wildman–Crippen LogP) is 5.14. The maximum atomic E-state index is 9.43. The first-order chi connectivity index (χ1) is 11.2. The van der Waals surface area contributed by atoms with Crippen molar-refractivity contribution < 1.29 is 14.3 Å². The molecule has 130 valence electrons. The average molecular weight is 345 g/mol. The first kappa shape index (κ1) is 18.6. The molecule has 2 aromatic rings. The van der Waals surface area contributed by atoms with Gasteiger partial charge in [-0.05, 0) is 41.4 Å². The molecule has 0 spiro atoms. The molecule has 0 atom stereocenters. The Morgan fingerprint density at radius 1 is 0.917 bits per heavy atom. The van der Waals surface area contributed by atoms with Crippen molar-refractivity contribution in [1.29, 1.82) is 0 Å². The first-order valence-electron chi connectivity index (χ1n) is 8.32. The van der Waals surface area contributed by atoms with Crippen LogP contribution in [0.4, 0.5) is 0 Å². The molecule has 0 aliphatic rings. The zero-order chi connectivity index (χ0) is 17.8. The number of aliphatic hydroxyl groups is 1. The molecule has 1 N–H and O–H groups in total. The fourth-order valence-electron chi connectivity index (χ4n) is 2.01. The van der Waals surface area contributed by atoms with E-state index in [2.05, 4.69) is 33.9 Å². The third-order valence-electron chi connectivity index (χ3n) is 4.60. The number of aliphatic hydroxyl groups excluding tert-OH is 1. The van der Waals surface area contributed by atoms with Gasteiger partial charge in [0, 0.05) is 0 Å². The summed E-state index contributed by atoms with van der Waals surface area (Å²) in [6.45, 7) is 11.5. The van der Waals surface area contributed by atoms with E-state index in [0.29, 0.717) is 6.61 Å². The molecule has 2 rings (SSSR count). The van der Waals surface area contributed by atoms with Gasteiger partial charge in [-0.2, -0.15) is 0 Å². The third kappa shape index (κ3) is 4.62. The van der Waals surface area contributed by atoms with E-state index in [9.17, 15) is 5.11 Å². The van der Waals surface area contributed by atoms with Crippen molar-refractivity contribution in [3.63, 3.8) is 0 Å². The van der Waals surface area contributed by atoms with Crippen LogP contribution in [-0.2, 0) is 13.2 Å². The van der Waals surface area contributed by atoms with Gasteiger partial charge in [0.25, 0.3) is 8.32 Å². The molecule has 0 saturated heterocycles. The summed E-state index contributed by atoms with van der Waals surface area (Å²) in [5.74, 6) is 1.45. The summed E-state index contributed by atoms with van der Waals surface area (Å²) in [6.07, 6.45) is 0. The molecule has 3 nitrogen and oxygen atoms in total. The molecule has 0 amide bonds. The molecular weight excluding hydrogens is 316 g/mol. The second kappa shape index (κ2) is 7.41. The third-order valence-corrected chi connectivity index (χ3v) is 8.94. The molecular formula is C20H28O3Si. The van der Waals surface area contributed by atoms with Gasteiger partial charge in [0.1, 0.15) is 12.4 Å². The monoisotopic (exact) mass is 344 g/mol. The molecule has 0 aromatic heterocycles. The molecule has 24 heavy (non-hydrogen) atoms. The number of benzene rings is 2. The topological polar surface area (TPSA) is 38.7 Å². The van der Waals surface area contributed by atoms with Gasteiger partial charge in [-0.1, -0.05) is 57.2 Å². The summed E-state index contributed by atoms with van der Waals surface area (Å²) in [7, 11) is -1.98. The van der Waals surface area contributed by atoms with Crippen LogP contribution in [0.15, 0.2) is 48.5 Å². The minimum absolute atomic E-state index is 0.00712. The normalized spacial score (nSPS) is 12.1. The van der Waals surface area contributed by atoms with Crippen LogP contribution in [0.25, 0.3) is 0 Å². The molecule has 0 saturated carbocycles. The van der Waals surface area contributed by atoms with Crippen molar-refractivity contribution in [3.8, 4) is 11.5 Å². The lowest BCUT2D eigenvalue weighted by atomic mass is 10.2. The Labute approximate surface area is 146 Å². The van der Waals surface area contributed by atoms with E-state index in [4.69, 9.17) is 9.16 Å². The number of hydrogen-bond donors (Lipinski definition) is 1. The van der Waals surface area contributed by atoms with E-state index in [-0.39, 0.29) is 11.6 Å². The van der Waals surface area contributed by atoms with Gasteiger partial charge < -0.3 is 14.3 Å². The van der Waals surface area contributed by atoms with Crippen LogP contribution in [0.3, 0.4) is 0 Å². The Balaban J connectivity index is 2.24. The van der Waals surface area contributed by atoms with Crippen molar-refractivity contribution in [2.24, 2.45) is 0 Å². The summed E-state index contributed by atoms with van der Waals surface area (Å²) in [5, 5.41) is 9.53. The number of rotatable bonds is 6. The van der Waals surface area contributed by atoms with Crippen LogP contribution in [0.2, 0.25) is 18.1 Å². The summed E-state index contributed by atoms with van der Waals surface area (Å²) < 4.78 is 12.4. The molecule has 0 heterocycles. The lowest BCUT2D eigenvalue weighted by molar-refractivity contribution is 0.278. The highest BCUT2D eigenvalue weighted by molar-refractivity contribution is 6.74. The fraction of sp³-hybridized carbons (Fsp3) is 0.400. The summed E-state index contributed by atoms with van der Waals surface area (Å²) >= 11 is 0. The standard InChI is InChI=1S/C20H28O3Si/c1-20(2,3)24(4,5)23-19-13-17(14-21)11-12-18(19)22-15-16-9-7-6-8-10-16/h6-13,21H,14-15H2,1-5H3. The molecule has 0 fully saturated rings. The zero-order valence-electron chi connectivity index (χ0n) is 15.3. The van der Waals surface area contributed by atoms with Gasteiger partial charge in [-0.25, -0.2) is 0 Å². The van der Waals surface area contributed by atoms with Gasteiger partial charge in [0.15, 0.2) is 5.75 Å². The highest BCUT2D eigenvalue weighted by Gasteiger charge is 2.39. The van der Waals surface area contributed by atoms with Crippen LogP contribution in [0.5, 0.6) is 11.5 Å². The summed E-state index contributed by atoms with van der Waals surface area (Å²) in [5.41, 5.74) is 1.94. The smallest absolute Gasteiger partial charge is 0.250 e. The van der Waals surface area contributed by atoms with Crippen molar-refractivity contribution in [1.82, 2.24) is 0 Å². The van der Waals surface area contributed by atoms with Crippen molar-refractivity contribution in [2.45, 2.75) is 52.1 Å². The minimum Gasteiger partial charge on any atom is -0.541 e. The first-order valence-corrected chi connectivity index (χ1v) is 11.2. The van der Waals surface area contributed by atoms with Crippen molar-refractivity contribution in [2.75, 3.05) is 0 Å². The molecule has 0 aliphatic heterocycles. The van der Waals surface area contributed by atoms with E-state index in [1.165, 1.54) is 0 Å². The van der Waals surface area contributed by atoms with Crippen molar-refractivity contribution >= 4 is 8.32 Å². The van der Waals surface area contributed by atoms with Gasteiger partial charge in [0.05, 0.1) is 6.61 Å². The Kier molecular flexibility index (Phi) is 5.73. The van der Waals surface area contributed by atoms with Gasteiger partial charge in [0.2, 0.25) is 0 Å². The largest absolute Gasteiger partial charge is 0.541 e. The Morgan fingerprint density at radius 2 is 1.58 bits per heavy atom. The highest BCUT2D eigenvalue weighted by atomic mass is 28.4. The van der Waals surface area contributed by atoms with E-state index in [0.717, 1.165) is 22.6 Å². The van der Waals surface area contributed by atoms with Crippen LogP contribution in [0, 0.1) is 0 Å². The van der Waals surface area contributed by atoms with E-state index >= 15 is 0 Å². The van der Waals surface area contributed by atoms with Gasteiger partial charge >= 0.3 is 0 Å². The average Bonchev–Trinajstić information content (AvgIpc) is 2.53. The Hall–Kier alpha value is -1.78. The SMILES string of the molecule is CC(C)(C)[Si](C)(C)Oc1cc(CO)ccc1OCc1ccccc1. The zero-order valence-corrected chi connectivity index (χ0v) is 16.3. The number of ether oxygens (including phenoxy) is 1. The highest BCUT2D eigenvalue weighted by Crippen LogP contribution is 2.40. The quantitative estimate of drug-likeness (QED) is 0.737. The minimum atomic E-state index is -1.98. The molecule has 2 aromatic carbocycles. The van der Waals surface area contributed by atoms with Crippen LogP contribution in [-0.4, -0.2) is 13.4 Å². The molecule has 4 heteroatoms. The Morgan fingerprint density at radius 3 is 2.17 bits per heavy atom. The van der Waals surface area contributed by atoms with E-state index in [1.807, 2.05) is 48.5 Å². The van der Waals surface area contributed by atoms with Gasteiger partial charge in [-0.3, -0.25) is 0 Å². The van der Waals surface area contributed by atoms with Crippen LogP contribution < -0.4 is 9.16 Å². The molecule has 0 bridgehead atoms. The lowest BCUT2D eigenvalue weighted by Gasteiger charge is -2.37. The van der Waals surface area contributed by atoms with Crippen LogP contribution >= 0.6 is 0 Å². The maximum Gasteiger partial charge on any atom is 0.250 e. The fourth-order valence-corrected chi connectivity index (χ4v) is 3.03. The summed E-state index contributed by atoms with van der Waals surface area (Å²) in [6, 6.07) is 15.7. The second-order valence-corrected chi connectivity index (χ2v) is 12.3. The van der Waals surface area contributed by atoms with E-state index in [1.54, 1.807) is 0 Å². The van der Waals surface area contributed by atoms with Crippen LogP contribution in [0.1, 0.15) is 31.9 Å². The number of hydrogen-bond acceptors (Lipinski definition) is 3. The second-order valence-electron chi connectivity index (χ2n) is 7.58.